The van der Waals surface area contributed by atoms with Gasteiger partial charge in [-0.15, -0.1) is 0 Å². The van der Waals surface area contributed by atoms with Crippen LogP contribution in [0.1, 0.15) is 17.4 Å². The topological polar surface area (TPSA) is 63.8 Å². The normalized spacial score (nSPS) is 12.5. The molecular weight excluding hydrogens is 328 g/mol. The van der Waals surface area contributed by atoms with Crippen LogP contribution in [0.5, 0.6) is 0 Å². The molecule has 0 aliphatic carbocycles. The van der Waals surface area contributed by atoms with Gasteiger partial charge in [0.25, 0.3) is 0 Å². The maximum atomic E-state index is 5.70. The lowest BCUT2D eigenvalue weighted by atomic mass is 10.1. The SMILES string of the molecule is NNC(Cc1ccc2ccccc2n1)c1ncccc1Br. The van der Waals surface area contributed by atoms with Crippen LogP contribution in [0, 0.1) is 0 Å². The van der Waals surface area contributed by atoms with Gasteiger partial charge < -0.3 is 0 Å². The van der Waals surface area contributed by atoms with E-state index >= 15 is 0 Å². The highest BCUT2D eigenvalue weighted by molar-refractivity contribution is 9.10. The fourth-order valence-electron chi connectivity index (χ4n) is 2.32. The van der Waals surface area contributed by atoms with Crippen LogP contribution < -0.4 is 11.3 Å². The van der Waals surface area contributed by atoms with Gasteiger partial charge in [0, 0.05) is 28.2 Å². The predicted molar refractivity (Wildman–Crippen MR) is 87.4 cm³/mol. The van der Waals surface area contributed by atoms with E-state index in [0.29, 0.717) is 6.42 Å². The molecule has 3 rings (SSSR count). The van der Waals surface area contributed by atoms with Gasteiger partial charge in [-0.05, 0) is 40.2 Å². The zero-order valence-electron chi connectivity index (χ0n) is 11.3. The quantitative estimate of drug-likeness (QED) is 0.564. The maximum absolute atomic E-state index is 5.70. The van der Waals surface area contributed by atoms with Gasteiger partial charge >= 0.3 is 0 Å². The molecule has 106 valence electrons. The monoisotopic (exact) mass is 342 g/mol. The van der Waals surface area contributed by atoms with E-state index in [0.717, 1.165) is 26.8 Å². The van der Waals surface area contributed by atoms with Crippen LogP contribution in [0.15, 0.2) is 59.2 Å². The van der Waals surface area contributed by atoms with Gasteiger partial charge in [-0.2, -0.15) is 0 Å². The summed E-state index contributed by atoms with van der Waals surface area (Å²) in [4.78, 5) is 9.07. The molecule has 0 amide bonds. The second kappa shape index (κ2) is 6.30. The van der Waals surface area contributed by atoms with Crippen molar-refractivity contribution in [2.75, 3.05) is 0 Å². The molecule has 0 spiro atoms. The molecule has 0 fully saturated rings. The zero-order chi connectivity index (χ0) is 14.7. The van der Waals surface area contributed by atoms with Crippen molar-refractivity contribution in [3.05, 3.63) is 70.6 Å². The Labute approximate surface area is 131 Å². The molecule has 0 bridgehead atoms. The van der Waals surface area contributed by atoms with E-state index in [1.54, 1.807) is 6.20 Å². The molecule has 4 nitrogen and oxygen atoms in total. The average Bonchev–Trinajstić information content (AvgIpc) is 2.53. The Bertz CT molecular complexity index is 760. The van der Waals surface area contributed by atoms with E-state index in [9.17, 15) is 0 Å². The van der Waals surface area contributed by atoms with Crippen molar-refractivity contribution in [1.29, 1.82) is 0 Å². The van der Waals surface area contributed by atoms with Crippen molar-refractivity contribution < 1.29 is 0 Å². The molecule has 1 unspecified atom stereocenters. The second-order valence-corrected chi connectivity index (χ2v) is 5.64. The van der Waals surface area contributed by atoms with Gasteiger partial charge in [-0.1, -0.05) is 24.3 Å². The van der Waals surface area contributed by atoms with Crippen LogP contribution in [0.25, 0.3) is 10.9 Å². The molecule has 2 heterocycles. The Hall–Kier alpha value is -1.82. The van der Waals surface area contributed by atoms with Crippen molar-refractivity contribution in [2.45, 2.75) is 12.5 Å². The van der Waals surface area contributed by atoms with Crippen molar-refractivity contribution in [2.24, 2.45) is 5.84 Å². The minimum absolute atomic E-state index is 0.0887. The number of aromatic nitrogens is 2. The number of para-hydroxylation sites is 1. The highest BCUT2D eigenvalue weighted by Gasteiger charge is 2.15. The Balaban J connectivity index is 1.90. The minimum Gasteiger partial charge on any atom is -0.271 e. The van der Waals surface area contributed by atoms with Gasteiger partial charge in [0.1, 0.15) is 0 Å². The summed E-state index contributed by atoms with van der Waals surface area (Å²) >= 11 is 3.51. The smallest absolute Gasteiger partial charge is 0.0732 e. The molecule has 21 heavy (non-hydrogen) atoms. The Kier molecular flexibility index (Phi) is 4.24. The summed E-state index contributed by atoms with van der Waals surface area (Å²) in [7, 11) is 0. The van der Waals surface area contributed by atoms with Crippen LogP contribution in [0.2, 0.25) is 0 Å². The third-order valence-corrected chi connectivity index (χ3v) is 4.06. The van der Waals surface area contributed by atoms with E-state index in [1.165, 1.54) is 0 Å². The van der Waals surface area contributed by atoms with Crippen molar-refractivity contribution in [1.82, 2.24) is 15.4 Å². The third-order valence-electron chi connectivity index (χ3n) is 3.39. The molecule has 1 atom stereocenters. The lowest BCUT2D eigenvalue weighted by Gasteiger charge is -2.16. The molecule has 0 aliphatic heterocycles. The lowest BCUT2D eigenvalue weighted by Crippen LogP contribution is -2.30. The summed E-state index contributed by atoms with van der Waals surface area (Å²) in [5.41, 5.74) is 5.68. The van der Waals surface area contributed by atoms with Crippen molar-refractivity contribution >= 4 is 26.8 Å². The number of fused-ring (bicyclic) bond motifs is 1. The fraction of sp³-hybridized carbons (Fsp3) is 0.125. The first-order chi connectivity index (χ1) is 10.3. The van der Waals surface area contributed by atoms with E-state index in [-0.39, 0.29) is 6.04 Å². The Morgan fingerprint density at radius 3 is 2.76 bits per heavy atom. The number of halogens is 1. The van der Waals surface area contributed by atoms with Crippen LogP contribution in [0.3, 0.4) is 0 Å². The largest absolute Gasteiger partial charge is 0.271 e. The number of benzene rings is 1. The molecule has 3 aromatic rings. The third kappa shape index (κ3) is 3.10. The van der Waals surface area contributed by atoms with Gasteiger partial charge in [-0.25, -0.2) is 0 Å². The number of nitrogens with two attached hydrogens (primary N) is 1. The number of nitrogens with zero attached hydrogens (tertiary/aromatic N) is 2. The average molecular weight is 343 g/mol. The lowest BCUT2D eigenvalue weighted by molar-refractivity contribution is 0.531. The first-order valence-corrected chi connectivity index (χ1v) is 7.48. The van der Waals surface area contributed by atoms with E-state index in [2.05, 4.69) is 43.5 Å². The van der Waals surface area contributed by atoms with Gasteiger partial charge in [0.2, 0.25) is 0 Å². The fourth-order valence-corrected chi connectivity index (χ4v) is 2.85. The molecule has 2 aromatic heterocycles. The molecule has 0 saturated heterocycles. The predicted octanol–water partition coefficient (Wildman–Crippen LogP) is 3.14. The summed E-state index contributed by atoms with van der Waals surface area (Å²) < 4.78 is 0.939. The van der Waals surface area contributed by atoms with E-state index in [4.69, 9.17) is 5.84 Å². The van der Waals surface area contributed by atoms with Crippen LogP contribution in [-0.4, -0.2) is 9.97 Å². The van der Waals surface area contributed by atoms with Crippen molar-refractivity contribution in [3.63, 3.8) is 0 Å². The number of hydrogen-bond acceptors (Lipinski definition) is 4. The zero-order valence-corrected chi connectivity index (χ0v) is 12.9. The summed E-state index contributed by atoms with van der Waals surface area (Å²) in [6.45, 7) is 0. The number of nitrogens with one attached hydrogen (secondary N) is 1. The number of hydrogen-bond donors (Lipinski definition) is 2. The number of rotatable bonds is 4. The summed E-state index contributed by atoms with van der Waals surface area (Å²) in [5.74, 6) is 5.70. The molecule has 5 heteroatoms. The van der Waals surface area contributed by atoms with Gasteiger partial charge in [-0.3, -0.25) is 21.2 Å². The standard InChI is InChI=1S/C16H15BrN4/c17-13-5-3-9-19-16(13)15(21-18)10-12-8-7-11-4-1-2-6-14(11)20-12/h1-9,15,21H,10,18H2. The van der Waals surface area contributed by atoms with Crippen LogP contribution in [0.4, 0.5) is 0 Å². The molecule has 3 N–H and O–H groups in total. The first-order valence-electron chi connectivity index (χ1n) is 6.69. The van der Waals surface area contributed by atoms with Crippen LogP contribution >= 0.6 is 15.9 Å². The first kappa shape index (κ1) is 14.1. The molecular formula is C16H15BrN4. The van der Waals surface area contributed by atoms with Crippen molar-refractivity contribution in [3.8, 4) is 0 Å². The van der Waals surface area contributed by atoms with E-state index in [1.807, 2.05) is 36.4 Å². The minimum atomic E-state index is -0.0887. The molecule has 0 saturated carbocycles. The molecule has 0 aliphatic rings. The highest BCUT2D eigenvalue weighted by atomic mass is 79.9. The van der Waals surface area contributed by atoms with E-state index < -0.39 is 0 Å². The molecule has 0 radical (unpaired) electrons. The maximum Gasteiger partial charge on any atom is 0.0732 e. The van der Waals surface area contributed by atoms with Gasteiger partial charge in [0.15, 0.2) is 0 Å². The highest BCUT2D eigenvalue weighted by Crippen LogP contribution is 2.23. The summed E-state index contributed by atoms with van der Waals surface area (Å²) in [6.07, 6.45) is 2.44. The summed E-state index contributed by atoms with van der Waals surface area (Å²) in [5, 5.41) is 1.14. The van der Waals surface area contributed by atoms with Crippen LogP contribution in [-0.2, 0) is 6.42 Å². The Morgan fingerprint density at radius 1 is 1.10 bits per heavy atom. The molecule has 1 aromatic carbocycles. The number of pyridine rings is 2. The summed E-state index contributed by atoms with van der Waals surface area (Å²) in [6, 6.07) is 15.9. The number of hydrazine groups is 1. The second-order valence-electron chi connectivity index (χ2n) is 4.79. The Morgan fingerprint density at radius 2 is 1.95 bits per heavy atom. The van der Waals surface area contributed by atoms with Gasteiger partial charge in [0.05, 0.1) is 17.3 Å².